The predicted molar refractivity (Wildman–Crippen MR) is 111 cm³/mol. The van der Waals surface area contributed by atoms with Crippen LogP contribution in [0, 0.1) is 17.0 Å². The summed E-state index contributed by atoms with van der Waals surface area (Å²) < 4.78 is 49.6. The van der Waals surface area contributed by atoms with E-state index >= 15 is 0 Å². The molecule has 3 aromatic rings. The molecular weight excluding hydrogens is 423 g/mol. The van der Waals surface area contributed by atoms with E-state index in [1.165, 1.54) is 12.1 Å². The van der Waals surface area contributed by atoms with Crippen molar-refractivity contribution in [3.05, 3.63) is 59.3 Å². The lowest BCUT2D eigenvalue weighted by Gasteiger charge is -2.56. The molecule has 0 saturated heterocycles. The van der Waals surface area contributed by atoms with Gasteiger partial charge in [-0.05, 0) is 37.1 Å². The molecule has 2 N–H and O–H groups in total. The van der Waals surface area contributed by atoms with Crippen LogP contribution >= 0.6 is 0 Å². The summed E-state index contributed by atoms with van der Waals surface area (Å²) in [6.07, 6.45) is -0.166. The number of phenols is 1. The normalized spacial score (nSPS) is 26.2. The number of hydrogen-bond donors (Lipinski definition) is 2. The van der Waals surface area contributed by atoms with E-state index in [9.17, 15) is 28.2 Å². The van der Waals surface area contributed by atoms with Crippen molar-refractivity contribution in [2.24, 2.45) is 5.41 Å². The number of fused-ring (bicyclic) bond motifs is 4. The van der Waals surface area contributed by atoms with Crippen LogP contribution in [-0.2, 0) is 20.5 Å². The minimum absolute atomic E-state index is 0.0474. The number of rotatable bonds is 3. The Balaban J connectivity index is 1.85. The van der Waals surface area contributed by atoms with Crippen LogP contribution in [0.1, 0.15) is 37.9 Å². The molecule has 1 aromatic heterocycles. The van der Waals surface area contributed by atoms with Crippen molar-refractivity contribution >= 4 is 16.9 Å². The second kappa shape index (κ2) is 6.51. The van der Waals surface area contributed by atoms with Gasteiger partial charge in [0.25, 0.3) is 0 Å². The Labute approximate surface area is 182 Å². The Bertz CT molecular complexity index is 1270. The minimum atomic E-state index is -1.56. The van der Waals surface area contributed by atoms with Crippen molar-refractivity contribution in [3.8, 4) is 11.4 Å². The highest BCUT2D eigenvalue weighted by Crippen LogP contribution is 2.63. The fourth-order valence-corrected chi connectivity index (χ4v) is 5.38. The molecule has 168 valence electrons. The lowest BCUT2D eigenvalue weighted by molar-refractivity contribution is -0.213. The van der Waals surface area contributed by atoms with Gasteiger partial charge in [-0.3, -0.25) is 4.79 Å². The topological polar surface area (TPSA) is 71.7 Å². The van der Waals surface area contributed by atoms with E-state index in [4.69, 9.17) is 4.74 Å². The van der Waals surface area contributed by atoms with Crippen LogP contribution in [0.5, 0.6) is 5.75 Å². The number of carboxylic acid groups (broad SMARTS) is 1. The summed E-state index contributed by atoms with van der Waals surface area (Å²) in [4.78, 5) is 11.8. The number of aromatic hydroxyl groups is 1. The van der Waals surface area contributed by atoms with E-state index in [0.717, 1.165) is 12.1 Å². The van der Waals surface area contributed by atoms with E-state index in [2.05, 4.69) is 0 Å². The second-order valence-electron chi connectivity index (χ2n) is 9.57. The Hall–Kier alpha value is -3.00. The van der Waals surface area contributed by atoms with Gasteiger partial charge in [0.15, 0.2) is 11.6 Å². The minimum Gasteiger partial charge on any atom is -0.507 e. The van der Waals surface area contributed by atoms with Gasteiger partial charge in [0.2, 0.25) is 0 Å². The maximum Gasteiger partial charge on any atom is 0.312 e. The SMILES string of the molecule is CC1(C)COC2(CC(CF)(C(=O)O)C2)c2c1n(-c1ccc(F)c(F)c1)c1cccc(O)c21. The monoisotopic (exact) mass is 445 g/mol. The van der Waals surface area contributed by atoms with Gasteiger partial charge in [-0.15, -0.1) is 0 Å². The maximum absolute atomic E-state index is 14.2. The average molecular weight is 445 g/mol. The number of halogens is 3. The number of aromatic nitrogens is 1. The summed E-state index contributed by atoms with van der Waals surface area (Å²) in [7, 11) is 0. The zero-order valence-electron chi connectivity index (χ0n) is 17.6. The molecule has 1 spiro atoms. The number of alkyl halides is 1. The molecule has 0 radical (unpaired) electrons. The van der Waals surface area contributed by atoms with E-state index in [1.807, 2.05) is 13.8 Å². The Morgan fingerprint density at radius 3 is 2.50 bits per heavy atom. The summed E-state index contributed by atoms with van der Waals surface area (Å²) in [6, 6.07) is 8.47. The van der Waals surface area contributed by atoms with Crippen molar-refractivity contribution < 1.29 is 32.9 Å². The second-order valence-corrected chi connectivity index (χ2v) is 9.57. The van der Waals surface area contributed by atoms with Crippen LogP contribution in [-0.4, -0.2) is 34.0 Å². The summed E-state index contributed by atoms with van der Waals surface area (Å²) >= 11 is 0. The van der Waals surface area contributed by atoms with Crippen molar-refractivity contribution in [1.29, 1.82) is 0 Å². The molecular formula is C24H22F3NO4. The zero-order chi connectivity index (χ0) is 23.1. The Kier molecular flexibility index (Phi) is 4.25. The van der Waals surface area contributed by atoms with Crippen LogP contribution < -0.4 is 0 Å². The Morgan fingerprint density at radius 1 is 1.16 bits per heavy atom. The Morgan fingerprint density at radius 2 is 1.88 bits per heavy atom. The summed E-state index contributed by atoms with van der Waals surface area (Å²) in [5.41, 5.74) is -1.09. The molecule has 1 fully saturated rings. The van der Waals surface area contributed by atoms with Crippen LogP contribution in [0.15, 0.2) is 36.4 Å². The molecule has 0 amide bonds. The van der Waals surface area contributed by atoms with E-state index in [0.29, 0.717) is 27.8 Å². The number of hydrogen-bond acceptors (Lipinski definition) is 3. The number of carbonyl (C=O) groups is 1. The number of aliphatic carboxylic acids is 1. The molecule has 2 aromatic carbocycles. The number of benzene rings is 2. The van der Waals surface area contributed by atoms with Gasteiger partial charge in [0, 0.05) is 33.8 Å². The molecule has 8 heteroatoms. The zero-order valence-corrected chi connectivity index (χ0v) is 17.6. The fourth-order valence-electron chi connectivity index (χ4n) is 5.38. The molecule has 1 saturated carbocycles. The maximum atomic E-state index is 14.2. The molecule has 5 rings (SSSR count). The third-order valence-corrected chi connectivity index (χ3v) is 6.90. The molecule has 1 aliphatic carbocycles. The predicted octanol–water partition coefficient (Wildman–Crippen LogP) is 4.95. The molecule has 0 bridgehead atoms. The molecule has 2 aliphatic rings. The van der Waals surface area contributed by atoms with Crippen LogP contribution in [0.4, 0.5) is 13.2 Å². The van der Waals surface area contributed by atoms with Gasteiger partial charge < -0.3 is 19.5 Å². The largest absolute Gasteiger partial charge is 0.507 e. The standard InChI is InChI=1S/C24H22F3NO4/c1-22(2)12-32-24(9-23(10-24,11-25)21(30)31)19-18-16(4-3-5-17(18)29)28(20(19)22)13-6-7-14(26)15(27)8-13/h3-8,29H,9-12H2,1-2H3,(H,30,31). The molecule has 32 heavy (non-hydrogen) atoms. The van der Waals surface area contributed by atoms with Gasteiger partial charge in [-0.2, -0.15) is 0 Å². The highest BCUT2D eigenvalue weighted by molar-refractivity contribution is 5.94. The average Bonchev–Trinajstić information content (AvgIpc) is 3.07. The summed E-state index contributed by atoms with van der Waals surface area (Å²) in [5, 5.41) is 20.9. The molecule has 5 nitrogen and oxygen atoms in total. The highest BCUT2D eigenvalue weighted by atomic mass is 19.2. The lowest BCUT2D eigenvalue weighted by Crippen LogP contribution is -2.59. The number of carboxylic acids is 1. The van der Waals surface area contributed by atoms with Crippen LogP contribution in [0.25, 0.3) is 16.6 Å². The molecule has 0 unspecified atom stereocenters. The third kappa shape index (κ3) is 2.59. The van der Waals surface area contributed by atoms with Crippen LogP contribution in [0.2, 0.25) is 0 Å². The molecule has 1 aliphatic heterocycles. The van der Waals surface area contributed by atoms with Gasteiger partial charge in [-0.1, -0.05) is 19.9 Å². The first kappa shape index (κ1) is 20.9. The number of nitrogens with zero attached hydrogens (tertiary/aromatic N) is 1. The molecule has 2 heterocycles. The van der Waals surface area contributed by atoms with Gasteiger partial charge in [0.05, 0.1) is 17.7 Å². The number of phenolic OH excluding ortho intramolecular Hbond substituents is 1. The summed E-state index contributed by atoms with van der Waals surface area (Å²) in [5.74, 6) is -3.26. The first-order chi connectivity index (χ1) is 15.1. The smallest absolute Gasteiger partial charge is 0.312 e. The van der Waals surface area contributed by atoms with Crippen molar-refractivity contribution in [2.75, 3.05) is 13.3 Å². The van der Waals surface area contributed by atoms with E-state index in [-0.39, 0.29) is 25.2 Å². The van der Waals surface area contributed by atoms with Gasteiger partial charge in [-0.25, -0.2) is 13.2 Å². The first-order valence-electron chi connectivity index (χ1n) is 10.3. The first-order valence-corrected chi connectivity index (χ1v) is 10.3. The van der Waals surface area contributed by atoms with E-state index in [1.54, 1.807) is 16.7 Å². The molecule has 0 atom stereocenters. The van der Waals surface area contributed by atoms with Gasteiger partial charge in [0.1, 0.15) is 17.8 Å². The van der Waals surface area contributed by atoms with Gasteiger partial charge >= 0.3 is 5.97 Å². The summed E-state index contributed by atoms with van der Waals surface area (Å²) in [6.45, 7) is 3.02. The van der Waals surface area contributed by atoms with Crippen molar-refractivity contribution in [2.45, 2.75) is 37.7 Å². The van der Waals surface area contributed by atoms with Crippen molar-refractivity contribution in [1.82, 2.24) is 4.57 Å². The van der Waals surface area contributed by atoms with Crippen LogP contribution in [0.3, 0.4) is 0 Å². The van der Waals surface area contributed by atoms with E-state index < -0.39 is 40.7 Å². The van der Waals surface area contributed by atoms with Crippen molar-refractivity contribution in [3.63, 3.8) is 0 Å². The lowest BCUT2D eigenvalue weighted by atomic mass is 9.55. The quantitative estimate of drug-likeness (QED) is 0.598. The highest BCUT2D eigenvalue weighted by Gasteiger charge is 2.65. The third-order valence-electron chi connectivity index (χ3n) is 6.90. The number of ether oxygens (including phenoxy) is 1. The fraction of sp³-hybridized carbons (Fsp3) is 0.375.